The van der Waals surface area contributed by atoms with Gasteiger partial charge in [0.1, 0.15) is 23.4 Å². The topological polar surface area (TPSA) is 80.0 Å². The highest BCUT2D eigenvalue weighted by molar-refractivity contribution is 5.98. The Hall–Kier alpha value is -2.44. The second-order valence-corrected chi connectivity index (χ2v) is 4.30. The smallest absolute Gasteiger partial charge is 0.255 e. The fourth-order valence-corrected chi connectivity index (χ4v) is 1.72. The molecule has 0 aliphatic rings. The maximum atomic E-state index is 13.2. The summed E-state index contributed by atoms with van der Waals surface area (Å²) in [6.45, 7) is 3.50. The molecule has 0 aliphatic heterocycles. The molecule has 0 saturated heterocycles. The van der Waals surface area contributed by atoms with Gasteiger partial charge >= 0.3 is 0 Å². The van der Waals surface area contributed by atoms with Crippen LogP contribution in [-0.2, 0) is 0 Å². The van der Waals surface area contributed by atoms with E-state index in [0.29, 0.717) is 17.5 Å². The number of pyridine rings is 1. The molecule has 1 amide bonds. The number of oxazole rings is 1. The highest BCUT2D eigenvalue weighted by atomic mass is 19.1. The second kappa shape index (κ2) is 5.68. The number of aromatic nitrogens is 2. The molecule has 2 aromatic heterocycles. The van der Waals surface area contributed by atoms with Crippen molar-refractivity contribution in [2.45, 2.75) is 19.9 Å². The zero-order valence-electron chi connectivity index (χ0n) is 11.4. The average Bonchev–Trinajstić information content (AvgIpc) is 2.85. The maximum Gasteiger partial charge on any atom is 0.255 e. The van der Waals surface area contributed by atoms with Crippen LogP contribution in [0.15, 0.2) is 22.9 Å². The molecule has 0 radical (unpaired) electrons. The highest BCUT2D eigenvalue weighted by Crippen LogP contribution is 2.16. The molecular formula is C13H15FN4O2. The summed E-state index contributed by atoms with van der Waals surface area (Å²) in [5.74, 6) is 0.328. The molecule has 0 fully saturated rings. The molecule has 7 heteroatoms. The highest BCUT2D eigenvalue weighted by Gasteiger charge is 2.18. The van der Waals surface area contributed by atoms with Crippen LogP contribution >= 0.6 is 0 Å². The third-order valence-electron chi connectivity index (χ3n) is 2.69. The summed E-state index contributed by atoms with van der Waals surface area (Å²) in [7, 11) is 1.61. The number of amides is 1. The Balaban J connectivity index is 2.18. The van der Waals surface area contributed by atoms with E-state index < -0.39 is 17.8 Å². The first kappa shape index (κ1) is 14.0. The Bertz CT molecular complexity index is 627. The number of halogens is 1. The third kappa shape index (κ3) is 2.93. The van der Waals surface area contributed by atoms with Crippen LogP contribution < -0.4 is 10.6 Å². The molecule has 2 rings (SSSR count). The summed E-state index contributed by atoms with van der Waals surface area (Å²) >= 11 is 0. The Morgan fingerprint density at radius 1 is 1.40 bits per heavy atom. The number of anilines is 1. The van der Waals surface area contributed by atoms with Gasteiger partial charge in [0.05, 0.1) is 18.0 Å². The van der Waals surface area contributed by atoms with Crippen LogP contribution in [-0.4, -0.2) is 22.9 Å². The number of carbonyl (C=O) groups excluding carboxylic acids is 1. The number of hydrogen-bond donors (Lipinski definition) is 2. The minimum Gasteiger partial charge on any atom is -0.444 e. The van der Waals surface area contributed by atoms with Crippen LogP contribution in [0.1, 0.15) is 35.0 Å². The van der Waals surface area contributed by atoms with Crippen molar-refractivity contribution in [1.82, 2.24) is 15.3 Å². The van der Waals surface area contributed by atoms with E-state index in [1.54, 1.807) is 27.1 Å². The Morgan fingerprint density at radius 3 is 2.75 bits per heavy atom. The molecule has 106 valence electrons. The SMILES string of the molecule is CNc1ncc(F)cc1C(=O)NC(C)c1ncc(C)o1. The van der Waals surface area contributed by atoms with Crippen molar-refractivity contribution < 1.29 is 13.6 Å². The van der Waals surface area contributed by atoms with Gasteiger partial charge in [-0.05, 0) is 19.9 Å². The fourth-order valence-electron chi connectivity index (χ4n) is 1.72. The van der Waals surface area contributed by atoms with Gasteiger partial charge in [0.25, 0.3) is 5.91 Å². The molecular weight excluding hydrogens is 263 g/mol. The number of nitrogens with one attached hydrogen (secondary N) is 2. The van der Waals surface area contributed by atoms with Gasteiger partial charge in [0.2, 0.25) is 5.89 Å². The normalized spacial score (nSPS) is 12.0. The molecule has 2 N–H and O–H groups in total. The molecule has 2 aromatic rings. The van der Waals surface area contributed by atoms with E-state index in [2.05, 4.69) is 20.6 Å². The summed E-state index contributed by atoms with van der Waals surface area (Å²) in [5.41, 5.74) is 0.127. The number of nitrogens with zero attached hydrogens (tertiary/aromatic N) is 2. The van der Waals surface area contributed by atoms with Crippen LogP contribution in [0, 0.1) is 12.7 Å². The number of aryl methyl sites for hydroxylation is 1. The third-order valence-corrected chi connectivity index (χ3v) is 2.69. The van der Waals surface area contributed by atoms with Crippen molar-refractivity contribution in [2.24, 2.45) is 0 Å². The van der Waals surface area contributed by atoms with Crippen molar-refractivity contribution >= 4 is 11.7 Å². The number of rotatable bonds is 4. The molecule has 20 heavy (non-hydrogen) atoms. The number of hydrogen-bond acceptors (Lipinski definition) is 5. The largest absolute Gasteiger partial charge is 0.444 e. The first-order valence-corrected chi connectivity index (χ1v) is 6.07. The Kier molecular flexibility index (Phi) is 3.97. The molecule has 0 saturated carbocycles. The van der Waals surface area contributed by atoms with Crippen molar-refractivity contribution in [2.75, 3.05) is 12.4 Å². The maximum absolute atomic E-state index is 13.2. The van der Waals surface area contributed by atoms with Crippen LogP contribution in [0.25, 0.3) is 0 Å². The lowest BCUT2D eigenvalue weighted by molar-refractivity contribution is 0.0934. The summed E-state index contributed by atoms with van der Waals surface area (Å²) in [5, 5.41) is 5.43. The molecule has 2 heterocycles. The summed E-state index contributed by atoms with van der Waals surface area (Å²) in [6.07, 6.45) is 2.62. The van der Waals surface area contributed by atoms with Crippen LogP contribution in [0.3, 0.4) is 0 Å². The van der Waals surface area contributed by atoms with Gasteiger partial charge < -0.3 is 15.1 Å². The zero-order chi connectivity index (χ0) is 14.7. The van der Waals surface area contributed by atoms with Crippen LogP contribution in [0.2, 0.25) is 0 Å². The van der Waals surface area contributed by atoms with Gasteiger partial charge in [-0.1, -0.05) is 0 Å². The summed E-state index contributed by atoms with van der Waals surface area (Å²) in [6, 6.07) is 0.700. The van der Waals surface area contributed by atoms with E-state index in [0.717, 1.165) is 12.3 Å². The summed E-state index contributed by atoms with van der Waals surface area (Å²) < 4.78 is 18.5. The van der Waals surface area contributed by atoms with Crippen LogP contribution in [0.4, 0.5) is 10.2 Å². The van der Waals surface area contributed by atoms with Gasteiger partial charge in [-0.2, -0.15) is 0 Å². The molecule has 1 atom stereocenters. The lowest BCUT2D eigenvalue weighted by Crippen LogP contribution is -2.28. The summed E-state index contributed by atoms with van der Waals surface area (Å²) in [4.78, 5) is 20.0. The van der Waals surface area contributed by atoms with Gasteiger partial charge in [-0.15, -0.1) is 0 Å². The molecule has 6 nitrogen and oxygen atoms in total. The van der Waals surface area contributed by atoms with Crippen molar-refractivity contribution in [3.63, 3.8) is 0 Å². The molecule has 0 bridgehead atoms. The molecule has 0 spiro atoms. The van der Waals surface area contributed by atoms with Crippen molar-refractivity contribution in [3.8, 4) is 0 Å². The average molecular weight is 278 g/mol. The predicted molar refractivity (Wildman–Crippen MR) is 70.9 cm³/mol. The number of carbonyl (C=O) groups is 1. The van der Waals surface area contributed by atoms with Crippen LogP contribution in [0.5, 0.6) is 0 Å². The minimum atomic E-state index is -0.575. The minimum absolute atomic E-state index is 0.127. The van der Waals surface area contributed by atoms with Crippen molar-refractivity contribution in [1.29, 1.82) is 0 Å². The van der Waals surface area contributed by atoms with E-state index in [1.165, 1.54) is 0 Å². The Labute approximate surface area is 115 Å². The van der Waals surface area contributed by atoms with E-state index in [1.807, 2.05) is 0 Å². The van der Waals surface area contributed by atoms with Gasteiger partial charge in [-0.3, -0.25) is 4.79 Å². The lowest BCUT2D eigenvalue weighted by Gasteiger charge is -2.12. The van der Waals surface area contributed by atoms with E-state index >= 15 is 0 Å². The molecule has 0 aromatic carbocycles. The first-order chi connectivity index (χ1) is 9.51. The van der Waals surface area contributed by atoms with Gasteiger partial charge in [-0.25, -0.2) is 14.4 Å². The first-order valence-electron chi connectivity index (χ1n) is 6.07. The van der Waals surface area contributed by atoms with Crippen molar-refractivity contribution in [3.05, 3.63) is 41.5 Å². The monoisotopic (exact) mass is 278 g/mol. The fraction of sp³-hybridized carbons (Fsp3) is 0.308. The predicted octanol–water partition coefficient (Wildman–Crippen LogP) is 2.05. The van der Waals surface area contributed by atoms with Gasteiger partial charge in [0.15, 0.2) is 0 Å². The van der Waals surface area contributed by atoms with E-state index in [4.69, 9.17) is 4.42 Å². The quantitative estimate of drug-likeness (QED) is 0.894. The lowest BCUT2D eigenvalue weighted by atomic mass is 10.2. The van der Waals surface area contributed by atoms with Gasteiger partial charge in [0, 0.05) is 7.05 Å². The zero-order valence-corrected chi connectivity index (χ0v) is 11.4. The Morgan fingerprint density at radius 2 is 2.15 bits per heavy atom. The molecule has 1 unspecified atom stereocenters. The second-order valence-electron chi connectivity index (χ2n) is 4.30. The molecule has 0 aliphatic carbocycles. The standard InChI is InChI=1S/C13H15FN4O2/c1-7-5-17-13(20-7)8(2)18-12(19)10-4-9(14)6-16-11(10)15-3/h4-6,8H,1-3H3,(H,15,16)(H,18,19). The van der Waals surface area contributed by atoms with E-state index in [9.17, 15) is 9.18 Å². The van der Waals surface area contributed by atoms with E-state index in [-0.39, 0.29) is 5.56 Å².